The van der Waals surface area contributed by atoms with E-state index >= 15 is 0 Å². The van der Waals surface area contributed by atoms with Crippen LogP contribution in [-0.4, -0.2) is 44.3 Å². The SMILES string of the molecule is C[C@H]1CCCN(Cc2cc3c(c(C(F)(F)F)c2)CN(c2cc(C4(c5nncn5C)CCCC4)cc4c2OC(C)(C)C4)C3=O)C1. The predicted molar refractivity (Wildman–Crippen MR) is 161 cm³/mol. The van der Waals surface area contributed by atoms with Crippen LogP contribution in [0.5, 0.6) is 5.75 Å². The van der Waals surface area contributed by atoms with E-state index in [1.54, 1.807) is 12.4 Å². The number of amides is 1. The second-order valence-corrected chi connectivity index (χ2v) is 14.1. The molecule has 1 amide bonds. The zero-order chi connectivity index (χ0) is 31.0. The monoisotopic (exact) mass is 607 g/mol. The van der Waals surface area contributed by atoms with Crippen LogP contribution in [0.2, 0.25) is 0 Å². The van der Waals surface area contributed by atoms with Gasteiger partial charge < -0.3 is 14.2 Å². The van der Waals surface area contributed by atoms with Gasteiger partial charge in [-0.3, -0.25) is 9.69 Å². The van der Waals surface area contributed by atoms with Crippen LogP contribution in [0.1, 0.15) is 103 Å². The Balaban J connectivity index is 1.33. The molecule has 7 rings (SSSR count). The van der Waals surface area contributed by atoms with Crippen molar-refractivity contribution in [2.45, 2.75) is 96.0 Å². The summed E-state index contributed by atoms with van der Waals surface area (Å²) in [6, 6.07) is 7.10. The van der Waals surface area contributed by atoms with Crippen molar-refractivity contribution in [1.82, 2.24) is 19.7 Å². The van der Waals surface area contributed by atoms with Gasteiger partial charge in [0, 0.05) is 37.7 Å². The average molecular weight is 608 g/mol. The van der Waals surface area contributed by atoms with Gasteiger partial charge in [0.2, 0.25) is 0 Å². The Morgan fingerprint density at radius 1 is 1.09 bits per heavy atom. The van der Waals surface area contributed by atoms with Gasteiger partial charge in [0.25, 0.3) is 5.91 Å². The summed E-state index contributed by atoms with van der Waals surface area (Å²) in [5.41, 5.74) is 1.62. The van der Waals surface area contributed by atoms with Gasteiger partial charge in [0.05, 0.1) is 23.2 Å². The molecule has 2 fully saturated rings. The van der Waals surface area contributed by atoms with Crippen LogP contribution in [0, 0.1) is 5.92 Å². The number of aryl methyl sites for hydroxylation is 1. The maximum Gasteiger partial charge on any atom is 0.416 e. The van der Waals surface area contributed by atoms with E-state index in [-0.39, 0.29) is 17.7 Å². The van der Waals surface area contributed by atoms with Gasteiger partial charge in [-0.25, -0.2) is 0 Å². The lowest BCUT2D eigenvalue weighted by atomic mass is 9.76. The van der Waals surface area contributed by atoms with Crippen molar-refractivity contribution in [3.63, 3.8) is 0 Å². The number of halogens is 3. The number of carbonyl (C=O) groups is 1. The lowest BCUT2D eigenvalue weighted by Gasteiger charge is -2.31. The molecule has 2 aromatic carbocycles. The number of carbonyl (C=O) groups excluding carboxylic acids is 1. The summed E-state index contributed by atoms with van der Waals surface area (Å²) >= 11 is 0. The molecule has 0 spiro atoms. The Labute approximate surface area is 256 Å². The highest BCUT2D eigenvalue weighted by molar-refractivity contribution is 6.11. The van der Waals surface area contributed by atoms with Crippen LogP contribution >= 0.6 is 0 Å². The number of likely N-dealkylation sites (tertiary alicyclic amines) is 1. The molecule has 44 heavy (non-hydrogen) atoms. The largest absolute Gasteiger partial charge is 0.485 e. The maximum absolute atomic E-state index is 14.6. The van der Waals surface area contributed by atoms with E-state index in [1.165, 1.54) is 11.0 Å². The van der Waals surface area contributed by atoms with Gasteiger partial charge in [0.1, 0.15) is 23.5 Å². The van der Waals surface area contributed by atoms with E-state index < -0.39 is 28.7 Å². The van der Waals surface area contributed by atoms with E-state index in [0.29, 0.717) is 35.9 Å². The van der Waals surface area contributed by atoms with Gasteiger partial charge in [-0.2, -0.15) is 13.2 Å². The predicted octanol–water partition coefficient (Wildman–Crippen LogP) is 6.80. The van der Waals surface area contributed by atoms with Crippen LogP contribution < -0.4 is 9.64 Å². The van der Waals surface area contributed by atoms with E-state index in [4.69, 9.17) is 4.74 Å². The van der Waals surface area contributed by atoms with Crippen LogP contribution in [0.4, 0.5) is 18.9 Å². The molecule has 1 atom stereocenters. The number of anilines is 1. The summed E-state index contributed by atoms with van der Waals surface area (Å²) in [4.78, 5) is 17.9. The van der Waals surface area contributed by atoms with Gasteiger partial charge >= 0.3 is 6.18 Å². The lowest BCUT2D eigenvalue weighted by Crippen LogP contribution is -2.33. The Morgan fingerprint density at radius 2 is 1.86 bits per heavy atom. The minimum atomic E-state index is -4.58. The number of rotatable bonds is 5. The van der Waals surface area contributed by atoms with Crippen LogP contribution in [0.15, 0.2) is 30.6 Å². The molecule has 0 N–H and O–H groups in total. The highest BCUT2D eigenvalue weighted by atomic mass is 19.4. The molecule has 3 aliphatic heterocycles. The number of nitrogens with zero attached hydrogens (tertiary/aromatic N) is 5. The molecule has 3 aromatic rings. The molecule has 0 unspecified atom stereocenters. The lowest BCUT2D eigenvalue weighted by molar-refractivity contribution is -0.138. The summed E-state index contributed by atoms with van der Waals surface area (Å²) in [5.74, 6) is 1.54. The van der Waals surface area contributed by atoms with Gasteiger partial charge in [-0.1, -0.05) is 25.8 Å². The molecule has 0 radical (unpaired) electrons. The van der Waals surface area contributed by atoms with Gasteiger partial charge in [-0.05, 0) is 86.9 Å². The van der Waals surface area contributed by atoms with E-state index in [1.807, 2.05) is 31.5 Å². The first kappa shape index (κ1) is 29.3. The van der Waals surface area contributed by atoms with Crippen molar-refractivity contribution in [1.29, 1.82) is 0 Å². The first-order valence-corrected chi connectivity index (χ1v) is 15.8. The molecule has 4 aliphatic rings. The normalized spacial score (nSPS) is 22.8. The van der Waals surface area contributed by atoms with Crippen LogP contribution in [-0.2, 0) is 38.1 Å². The fourth-order valence-electron chi connectivity index (χ4n) is 8.20. The van der Waals surface area contributed by atoms with E-state index in [9.17, 15) is 18.0 Å². The molecule has 1 aromatic heterocycles. The topological polar surface area (TPSA) is 63.5 Å². The summed E-state index contributed by atoms with van der Waals surface area (Å²) < 4.78 is 52.1. The zero-order valence-electron chi connectivity index (χ0n) is 25.9. The molecular formula is C34H40F3N5O2. The minimum absolute atomic E-state index is 0.0403. The second kappa shape index (κ2) is 10.3. The molecule has 1 saturated heterocycles. The summed E-state index contributed by atoms with van der Waals surface area (Å²) in [5, 5.41) is 8.69. The van der Waals surface area contributed by atoms with Gasteiger partial charge in [-0.15, -0.1) is 10.2 Å². The number of hydrogen-bond donors (Lipinski definition) is 0. The first-order chi connectivity index (χ1) is 20.8. The Bertz CT molecular complexity index is 1620. The van der Waals surface area contributed by atoms with Crippen molar-refractivity contribution in [3.05, 3.63) is 69.8 Å². The molecule has 1 saturated carbocycles. The molecule has 10 heteroatoms. The zero-order valence-corrected chi connectivity index (χ0v) is 25.9. The average Bonchev–Trinajstić information content (AvgIpc) is 3.73. The fourth-order valence-corrected chi connectivity index (χ4v) is 8.20. The van der Waals surface area contributed by atoms with Crippen molar-refractivity contribution in [2.75, 3.05) is 18.0 Å². The van der Waals surface area contributed by atoms with Crippen molar-refractivity contribution in [3.8, 4) is 5.75 Å². The van der Waals surface area contributed by atoms with Crippen LogP contribution in [0.3, 0.4) is 0 Å². The van der Waals surface area contributed by atoms with Crippen molar-refractivity contribution in [2.24, 2.45) is 13.0 Å². The maximum atomic E-state index is 14.6. The van der Waals surface area contributed by atoms with E-state index in [0.717, 1.165) is 68.6 Å². The summed E-state index contributed by atoms with van der Waals surface area (Å²) in [6.45, 7) is 8.12. The second-order valence-electron chi connectivity index (χ2n) is 14.1. The number of aromatic nitrogens is 3. The number of alkyl halides is 3. The fraction of sp³-hybridized carbons (Fsp3) is 0.559. The standard InChI is InChI=1S/C34H40F3N5O2/c1-21-8-7-11-41(17-21)18-22-12-25-26(27(13-22)34(35,36)37)19-42(30(25)43)28-15-24(14-23-16-32(2,3)44-29(23)28)33(9-5-6-10-33)31-39-38-20-40(31)4/h12-15,20-21H,5-11,16-19H2,1-4H3/t21-/m0/s1. The molecule has 7 nitrogen and oxygen atoms in total. The Kier molecular flexibility index (Phi) is 6.88. The molecule has 234 valence electrons. The molecule has 4 heterocycles. The molecule has 0 bridgehead atoms. The highest BCUT2D eigenvalue weighted by Gasteiger charge is 2.46. The number of ether oxygens (including phenoxy) is 1. The highest BCUT2D eigenvalue weighted by Crippen LogP contribution is 2.52. The van der Waals surface area contributed by atoms with Crippen LogP contribution in [0.25, 0.3) is 0 Å². The van der Waals surface area contributed by atoms with Gasteiger partial charge in [0.15, 0.2) is 0 Å². The summed E-state index contributed by atoms with van der Waals surface area (Å²) in [6.07, 6.45) is 3.75. The number of hydrogen-bond acceptors (Lipinski definition) is 5. The third-order valence-corrected chi connectivity index (χ3v) is 10.1. The third kappa shape index (κ3) is 4.89. The summed E-state index contributed by atoms with van der Waals surface area (Å²) in [7, 11) is 1.94. The Morgan fingerprint density at radius 3 is 2.55 bits per heavy atom. The molecule has 1 aliphatic carbocycles. The number of benzene rings is 2. The van der Waals surface area contributed by atoms with Crippen molar-refractivity contribution >= 4 is 11.6 Å². The van der Waals surface area contributed by atoms with Crippen molar-refractivity contribution < 1.29 is 22.7 Å². The number of piperidine rings is 1. The Hall–Kier alpha value is -3.40. The minimum Gasteiger partial charge on any atom is -0.485 e. The number of fused-ring (bicyclic) bond motifs is 2. The third-order valence-electron chi connectivity index (χ3n) is 10.1. The quantitative estimate of drug-likeness (QED) is 0.319. The molecular weight excluding hydrogens is 567 g/mol. The first-order valence-electron chi connectivity index (χ1n) is 15.8. The van der Waals surface area contributed by atoms with E-state index in [2.05, 4.69) is 28.1 Å². The smallest absolute Gasteiger partial charge is 0.416 e.